The van der Waals surface area contributed by atoms with Gasteiger partial charge in [-0.05, 0) is 24.3 Å². The third kappa shape index (κ3) is 2.77. The molecule has 0 unspecified atom stereocenters. The predicted molar refractivity (Wildman–Crippen MR) is 89.0 cm³/mol. The van der Waals surface area contributed by atoms with E-state index in [1.807, 2.05) is 26.8 Å². The Bertz CT molecular complexity index is 662. The van der Waals surface area contributed by atoms with Crippen molar-refractivity contribution < 1.29 is 4.79 Å². The van der Waals surface area contributed by atoms with Crippen molar-refractivity contribution in [3.8, 4) is 0 Å². The van der Waals surface area contributed by atoms with Crippen molar-refractivity contribution >= 4 is 22.4 Å². The zero-order valence-corrected chi connectivity index (χ0v) is 14.0. The van der Waals surface area contributed by atoms with Gasteiger partial charge in [-0.1, -0.05) is 62.4 Å². The van der Waals surface area contributed by atoms with Crippen molar-refractivity contribution in [1.29, 1.82) is 0 Å². The van der Waals surface area contributed by atoms with Crippen LogP contribution < -0.4 is 5.32 Å². The number of hydrogen-bond donors (Lipinski definition) is 1. The number of amides is 1. The highest BCUT2D eigenvalue weighted by Crippen LogP contribution is 2.54. The second-order valence-corrected chi connectivity index (χ2v) is 7.36. The molecule has 4 nitrogen and oxygen atoms in total. The molecule has 1 aliphatic carbocycles. The monoisotopic (exact) mass is 315 g/mol. The van der Waals surface area contributed by atoms with Gasteiger partial charge in [0.2, 0.25) is 11.0 Å². The van der Waals surface area contributed by atoms with Crippen LogP contribution in [-0.2, 0) is 10.2 Å². The second-order valence-electron chi connectivity index (χ2n) is 6.38. The van der Waals surface area contributed by atoms with E-state index in [1.165, 1.54) is 16.9 Å². The predicted octanol–water partition coefficient (Wildman–Crippen LogP) is 3.85. The highest BCUT2D eigenvalue weighted by Gasteiger charge is 2.48. The molecule has 116 valence electrons. The van der Waals surface area contributed by atoms with Gasteiger partial charge < -0.3 is 5.32 Å². The summed E-state index contributed by atoms with van der Waals surface area (Å²) in [5.74, 6) is 0.296. The molecule has 1 heterocycles. The van der Waals surface area contributed by atoms with Gasteiger partial charge in [0.25, 0.3) is 0 Å². The van der Waals surface area contributed by atoms with Crippen molar-refractivity contribution in [2.24, 2.45) is 11.8 Å². The maximum absolute atomic E-state index is 12.1. The van der Waals surface area contributed by atoms with E-state index >= 15 is 0 Å². The molecule has 5 heteroatoms. The summed E-state index contributed by atoms with van der Waals surface area (Å²) in [6, 6.07) is 10.4. The fourth-order valence-electron chi connectivity index (χ4n) is 2.50. The molecular weight excluding hydrogens is 294 g/mol. The van der Waals surface area contributed by atoms with E-state index in [1.54, 1.807) is 0 Å². The summed E-state index contributed by atoms with van der Waals surface area (Å²) in [4.78, 5) is 12.1. The van der Waals surface area contributed by atoms with Crippen LogP contribution in [0.4, 0.5) is 5.13 Å². The number of aromatic nitrogens is 2. The summed E-state index contributed by atoms with van der Waals surface area (Å²) in [6.07, 6.45) is 2.20. The van der Waals surface area contributed by atoms with Gasteiger partial charge in [0.15, 0.2) is 0 Å². The number of anilines is 1. The molecule has 0 aliphatic heterocycles. The fraction of sp³-hybridized carbons (Fsp3) is 0.471. The first-order valence-corrected chi connectivity index (χ1v) is 8.55. The van der Waals surface area contributed by atoms with Crippen LogP contribution in [-0.4, -0.2) is 16.1 Å². The van der Waals surface area contributed by atoms with Crippen molar-refractivity contribution in [1.82, 2.24) is 10.2 Å². The minimum absolute atomic E-state index is 0.0160. The Morgan fingerprint density at radius 1 is 1.18 bits per heavy atom. The van der Waals surface area contributed by atoms with E-state index in [0.717, 1.165) is 17.8 Å². The molecule has 1 N–H and O–H groups in total. The van der Waals surface area contributed by atoms with Gasteiger partial charge in [0.05, 0.1) is 0 Å². The van der Waals surface area contributed by atoms with Gasteiger partial charge >= 0.3 is 0 Å². The number of nitrogens with one attached hydrogen (secondary N) is 1. The average Bonchev–Trinajstić information content (AvgIpc) is 3.21. The number of nitrogens with zero attached hydrogens (tertiary/aromatic N) is 2. The Morgan fingerprint density at radius 2 is 1.86 bits per heavy atom. The van der Waals surface area contributed by atoms with E-state index in [-0.39, 0.29) is 17.2 Å². The summed E-state index contributed by atoms with van der Waals surface area (Å²) in [7, 11) is 0. The van der Waals surface area contributed by atoms with Crippen LogP contribution in [0.5, 0.6) is 0 Å². The lowest BCUT2D eigenvalue weighted by molar-refractivity contribution is -0.120. The zero-order chi connectivity index (χ0) is 15.7. The average molecular weight is 315 g/mol. The number of benzene rings is 1. The van der Waals surface area contributed by atoms with Gasteiger partial charge in [0, 0.05) is 11.3 Å². The summed E-state index contributed by atoms with van der Waals surface area (Å²) in [6.45, 7) is 6.03. The van der Waals surface area contributed by atoms with Crippen LogP contribution in [0.25, 0.3) is 0 Å². The molecule has 1 amide bonds. The normalized spacial score (nSPS) is 17.3. The molecule has 2 aromatic rings. The smallest absolute Gasteiger partial charge is 0.229 e. The fourth-order valence-corrected chi connectivity index (χ4v) is 3.51. The Morgan fingerprint density at radius 3 is 2.45 bits per heavy atom. The van der Waals surface area contributed by atoms with Gasteiger partial charge in [-0.25, -0.2) is 0 Å². The van der Waals surface area contributed by atoms with Crippen LogP contribution in [0, 0.1) is 11.8 Å². The highest BCUT2D eigenvalue weighted by atomic mass is 32.1. The van der Waals surface area contributed by atoms with Gasteiger partial charge in [-0.2, -0.15) is 0 Å². The highest BCUT2D eigenvalue weighted by molar-refractivity contribution is 7.15. The molecule has 0 radical (unpaired) electrons. The number of carbonyl (C=O) groups is 1. The van der Waals surface area contributed by atoms with E-state index in [2.05, 4.69) is 39.8 Å². The molecule has 1 aromatic carbocycles. The Kier molecular flexibility index (Phi) is 4.00. The molecule has 22 heavy (non-hydrogen) atoms. The molecule has 0 saturated heterocycles. The van der Waals surface area contributed by atoms with Crippen LogP contribution in [0.15, 0.2) is 30.3 Å². The number of rotatable bonds is 5. The summed E-state index contributed by atoms with van der Waals surface area (Å²) in [5.41, 5.74) is 1.31. The van der Waals surface area contributed by atoms with Gasteiger partial charge in [0.1, 0.15) is 5.01 Å². The first-order chi connectivity index (χ1) is 10.5. The van der Waals surface area contributed by atoms with Crippen LogP contribution in [0.3, 0.4) is 0 Å². The van der Waals surface area contributed by atoms with Crippen molar-refractivity contribution in [3.63, 3.8) is 0 Å². The van der Waals surface area contributed by atoms with Crippen LogP contribution in [0.1, 0.15) is 44.2 Å². The molecule has 1 aliphatic rings. The minimum atomic E-state index is -0.0311. The first kappa shape index (κ1) is 15.2. The Balaban J connectivity index is 1.76. The standard InChI is InChI=1S/C17H21N3OS/c1-11(2)12(3)14(21)18-16-20-19-15(22-16)17(9-10-17)13-7-5-4-6-8-13/h4-8,11-12H,9-10H2,1-3H3,(H,18,20,21)/t12-/m0/s1. The van der Waals surface area contributed by atoms with E-state index < -0.39 is 0 Å². The lowest BCUT2D eigenvalue weighted by Gasteiger charge is -2.13. The molecular formula is C17H21N3OS. The van der Waals surface area contributed by atoms with Crippen molar-refractivity contribution in [2.75, 3.05) is 5.32 Å². The molecule has 3 rings (SSSR count). The second kappa shape index (κ2) is 5.80. The van der Waals surface area contributed by atoms with Crippen molar-refractivity contribution in [3.05, 3.63) is 40.9 Å². The lowest BCUT2D eigenvalue weighted by Crippen LogP contribution is -2.24. The minimum Gasteiger partial charge on any atom is -0.300 e. The maximum atomic E-state index is 12.1. The Labute approximate surface area is 135 Å². The molecule has 0 bridgehead atoms. The Hall–Kier alpha value is -1.75. The number of hydrogen-bond acceptors (Lipinski definition) is 4. The summed E-state index contributed by atoms with van der Waals surface area (Å²) < 4.78 is 0. The molecule has 0 spiro atoms. The zero-order valence-electron chi connectivity index (χ0n) is 13.2. The largest absolute Gasteiger partial charge is 0.300 e. The SMILES string of the molecule is CC(C)[C@H](C)C(=O)Nc1nnc(C2(c3ccccc3)CC2)s1. The summed E-state index contributed by atoms with van der Waals surface area (Å²) in [5, 5.41) is 13.0. The third-order valence-electron chi connectivity index (χ3n) is 4.55. The maximum Gasteiger partial charge on any atom is 0.229 e. The number of carbonyl (C=O) groups excluding carboxylic acids is 1. The van der Waals surface area contributed by atoms with Crippen LogP contribution >= 0.6 is 11.3 Å². The van der Waals surface area contributed by atoms with Crippen molar-refractivity contribution in [2.45, 2.75) is 39.0 Å². The first-order valence-electron chi connectivity index (χ1n) is 7.73. The summed E-state index contributed by atoms with van der Waals surface area (Å²) >= 11 is 1.50. The van der Waals surface area contributed by atoms with Gasteiger partial charge in [-0.15, -0.1) is 10.2 Å². The van der Waals surface area contributed by atoms with E-state index in [4.69, 9.17) is 0 Å². The lowest BCUT2D eigenvalue weighted by atomic mass is 9.97. The van der Waals surface area contributed by atoms with Gasteiger partial charge in [-0.3, -0.25) is 4.79 Å². The van der Waals surface area contributed by atoms with E-state index in [9.17, 15) is 4.79 Å². The van der Waals surface area contributed by atoms with E-state index in [0.29, 0.717) is 11.0 Å². The topological polar surface area (TPSA) is 54.9 Å². The quantitative estimate of drug-likeness (QED) is 0.912. The third-order valence-corrected chi connectivity index (χ3v) is 5.60. The molecule has 1 aromatic heterocycles. The molecule has 1 saturated carbocycles. The molecule has 1 fully saturated rings. The molecule has 1 atom stereocenters. The van der Waals surface area contributed by atoms with Crippen LogP contribution in [0.2, 0.25) is 0 Å².